The summed E-state index contributed by atoms with van der Waals surface area (Å²) in [5, 5.41) is 0. The molecule has 0 amide bonds. The van der Waals surface area contributed by atoms with E-state index in [1.807, 2.05) is 25.2 Å². The molecular weight excluding hydrogens is 248 g/mol. The summed E-state index contributed by atoms with van der Waals surface area (Å²) in [6.07, 6.45) is 3.53. The van der Waals surface area contributed by atoms with E-state index in [1.165, 1.54) is 0 Å². The third kappa shape index (κ3) is 2.21. The van der Waals surface area contributed by atoms with Crippen molar-refractivity contribution in [1.29, 1.82) is 0 Å². The van der Waals surface area contributed by atoms with Gasteiger partial charge in [-0.1, -0.05) is 43.5 Å². The smallest absolute Gasteiger partial charge is 0.0816 e. The lowest BCUT2D eigenvalue weighted by Gasteiger charge is -2.28. The summed E-state index contributed by atoms with van der Waals surface area (Å²) in [6, 6.07) is 8.03. The van der Waals surface area contributed by atoms with Crippen LogP contribution in [-0.2, 0) is 6.54 Å². The van der Waals surface area contributed by atoms with Crippen LogP contribution in [0.4, 0.5) is 0 Å². The molecular formula is C16H20N4. The van der Waals surface area contributed by atoms with Gasteiger partial charge in [-0.2, -0.15) is 0 Å². The second-order valence-corrected chi connectivity index (χ2v) is 4.65. The molecule has 0 atom stereocenters. The molecule has 0 saturated heterocycles. The monoisotopic (exact) mass is 268 g/mol. The van der Waals surface area contributed by atoms with E-state index < -0.39 is 0 Å². The van der Waals surface area contributed by atoms with Crippen LogP contribution in [0, 0.1) is 0 Å². The quantitative estimate of drug-likeness (QED) is 0.578. The van der Waals surface area contributed by atoms with Crippen molar-refractivity contribution in [3.05, 3.63) is 77.7 Å². The summed E-state index contributed by atoms with van der Waals surface area (Å²) in [5.74, 6) is 5.68. The molecule has 0 saturated carbocycles. The molecule has 0 radical (unpaired) electrons. The number of hydrazine groups is 1. The first kappa shape index (κ1) is 14.0. The summed E-state index contributed by atoms with van der Waals surface area (Å²) in [4.78, 5) is 2.10. The number of hydrogen-bond donors (Lipinski definition) is 3. The molecule has 1 aliphatic rings. The van der Waals surface area contributed by atoms with E-state index in [-0.39, 0.29) is 0 Å². The van der Waals surface area contributed by atoms with E-state index in [0.717, 1.165) is 28.9 Å². The van der Waals surface area contributed by atoms with E-state index in [9.17, 15) is 0 Å². The Kier molecular flexibility index (Phi) is 3.96. The van der Waals surface area contributed by atoms with Crippen LogP contribution < -0.4 is 17.0 Å². The zero-order chi connectivity index (χ0) is 14.7. The number of hydrogen-bond acceptors (Lipinski definition) is 4. The average Bonchev–Trinajstić information content (AvgIpc) is 2.46. The second-order valence-electron chi connectivity index (χ2n) is 4.65. The van der Waals surface area contributed by atoms with E-state index in [2.05, 4.69) is 29.5 Å². The number of nitrogens with zero attached hydrogens (tertiary/aromatic N) is 1. The number of nitrogens with two attached hydrogens (primary N) is 2. The molecule has 5 N–H and O–H groups in total. The van der Waals surface area contributed by atoms with Crippen LogP contribution in [0.5, 0.6) is 0 Å². The molecule has 4 nitrogen and oxygen atoms in total. The average molecular weight is 268 g/mol. The maximum atomic E-state index is 6.30. The topological polar surface area (TPSA) is 67.3 Å². The molecule has 20 heavy (non-hydrogen) atoms. The fourth-order valence-electron chi connectivity index (χ4n) is 2.50. The molecule has 0 unspecified atom stereocenters. The normalized spacial score (nSPS) is 22.6. The molecule has 1 aromatic carbocycles. The first-order valence-electron chi connectivity index (χ1n) is 6.39. The van der Waals surface area contributed by atoms with Crippen LogP contribution in [0.25, 0.3) is 5.70 Å². The predicted molar refractivity (Wildman–Crippen MR) is 83.8 cm³/mol. The largest absolute Gasteiger partial charge is 0.396 e. The van der Waals surface area contributed by atoms with Gasteiger partial charge in [-0.25, -0.2) is 0 Å². The Bertz CT molecular complexity index is 611. The number of fused-ring (bicyclic) bond motifs is 1. The summed E-state index contributed by atoms with van der Waals surface area (Å²) in [6.45, 7) is 8.48. The van der Waals surface area contributed by atoms with Gasteiger partial charge >= 0.3 is 0 Å². The van der Waals surface area contributed by atoms with Crippen LogP contribution in [0.2, 0.25) is 0 Å². The minimum atomic E-state index is 0.616. The van der Waals surface area contributed by atoms with Gasteiger partial charge in [0.15, 0.2) is 0 Å². The molecule has 2 rings (SSSR count). The molecule has 0 fully saturated rings. The zero-order valence-corrected chi connectivity index (χ0v) is 11.7. The van der Waals surface area contributed by atoms with Crippen LogP contribution >= 0.6 is 0 Å². The van der Waals surface area contributed by atoms with Gasteiger partial charge < -0.3 is 16.1 Å². The number of nitrogens with one attached hydrogen (secondary N) is 1. The van der Waals surface area contributed by atoms with E-state index in [1.54, 1.807) is 12.2 Å². The molecule has 0 aliphatic carbocycles. The third-order valence-corrected chi connectivity index (χ3v) is 3.48. The minimum absolute atomic E-state index is 0.616. The van der Waals surface area contributed by atoms with Crippen LogP contribution in [0.3, 0.4) is 0 Å². The van der Waals surface area contributed by atoms with Crippen molar-refractivity contribution in [3.63, 3.8) is 0 Å². The van der Waals surface area contributed by atoms with Crippen molar-refractivity contribution in [3.8, 4) is 0 Å². The van der Waals surface area contributed by atoms with Crippen molar-refractivity contribution in [1.82, 2.24) is 10.3 Å². The van der Waals surface area contributed by atoms with E-state index in [4.69, 9.17) is 11.6 Å². The van der Waals surface area contributed by atoms with Gasteiger partial charge in [0.2, 0.25) is 0 Å². The second kappa shape index (κ2) is 5.67. The Balaban J connectivity index is 2.80. The van der Waals surface area contributed by atoms with Crippen molar-refractivity contribution in [2.45, 2.75) is 6.54 Å². The standard InChI is InChI=1S/C16H20N4/c1-4-12-14(5-2)20(3)10-11-8-6-7-9-13(11)15(17)16(12)19-18/h4-9,19H,1-2,10,17-18H2,3H3/b14-12-,16-15-. The molecule has 104 valence electrons. The first-order chi connectivity index (χ1) is 9.63. The van der Waals surface area contributed by atoms with Crippen LogP contribution in [0.15, 0.2) is 66.5 Å². The van der Waals surface area contributed by atoms with Gasteiger partial charge in [-0.05, 0) is 11.6 Å². The summed E-state index contributed by atoms with van der Waals surface area (Å²) >= 11 is 0. The van der Waals surface area contributed by atoms with Gasteiger partial charge in [0.25, 0.3) is 0 Å². The molecule has 1 heterocycles. The highest BCUT2D eigenvalue weighted by Crippen LogP contribution is 2.29. The lowest BCUT2D eigenvalue weighted by atomic mass is 9.96. The number of rotatable bonds is 3. The van der Waals surface area contributed by atoms with Gasteiger partial charge in [0, 0.05) is 30.4 Å². The molecule has 0 spiro atoms. The SMILES string of the molecule is C=CC1=C(\C=C)N(C)Cc2ccccc2/C(N)=C\1NN. The maximum Gasteiger partial charge on any atom is 0.0816 e. The van der Waals surface area contributed by atoms with Crippen LogP contribution in [0.1, 0.15) is 11.1 Å². The summed E-state index contributed by atoms with van der Waals surface area (Å²) < 4.78 is 0. The van der Waals surface area contributed by atoms with E-state index in [0.29, 0.717) is 11.4 Å². The Morgan fingerprint density at radius 1 is 1.25 bits per heavy atom. The molecule has 0 bridgehead atoms. The Morgan fingerprint density at radius 3 is 2.55 bits per heavy atom. The Morgan fingerprint density at radius 2 is 1.95 bits per heavy atom. The van der Waals surface area contributed by atoms with Crippen molar-refractivity contribution < 1.29 is 0 Å². The van der Waals surface area contributed by atoms with Gasteiger partial charge in [-0.3, -0.25) is 5.84 Å². The highest BCUT2D eigenvalue weighted by Gasteiger charge is 2.19. The summed E-state index contributed by atoms with van der Waals surface area (Å²) in [7, 11) is 2.01. The fourth-order valence-corrected chi connectivity index (χ4v) is 2.50. The fraction of sp³-hybridized carbons (Fsp3) is 0.125. The Hall–Kier alpha value is -2.46. The lowest BCUT2D eigenvalue weighted by Crippen LogP contribution is -2.30. The predicted octanol–water partition coefficient (Wildman–Crippen LogP) is 1.85. The molecule has 4 heteroatoms. The molecule has 0 aromatic heterocycles. The van der Waals surface area contributed by atoms with Gasteiger partial charge in [0.1, 0.15) is 0 Å². The molecule has 1 aliphatic heterocycles. The Labute approximate surface area is 119 Å². The number of likely N-dealkylation sites (N-methyl/N-ethyl adjacent to an activating group) is 1. The minimum Gasteiger partial charge on any atom is -0.396 e. The van der Waals surface area contributed by atoms with Gasteiger partial charge in [0.05, 0.1) is 11.4 Å². The first-order valence-corrected chi connectivity index (χ1v) is 6.39. The third-order valence-electron chi connectivity index (χ3n) is 3.48. The van der Waals surface area contributed by atoms with Crippen molar-refractivity contribution in [2.75, 3.05) is 7.05 Å². The molecule has 1 aromatic rings. The van der Waals surface area contributed by atoms with Crippen LogP contribution in [-0.4, -0.2) is 11.9 Å². The highest BCUT2D eigenvalue weighted by molar-refractivity contribution is 5.74. The maximum absolute atomic E-state index is 6.30. The van der Waals surface area contributed by atoms with Crippen molar-refractivity contribution >= 4 is 5.70 Å². The van der Waals surface area contributed by atoms with Gasteiger partial charge in [-0.15, -0.1) is 0 Å². The number of allylic oxidation sites excluding steroid dienone is 2. The number of benzene rings is 1. The zero-order valence-electron chi connectivity index (χ0n) is 11.7. The summed E-state index contributed by atoms with van der Waals surface area (Å²) in [5.41, 5.74) is 14.2. The van der Waals surface area contributed by atoms with Crippen molar-refractivity contribution in [2.24, 2.45) is 11.6 Å². The highest BCUT2D eigenvalue weighted by atomic mass is 15.2. The van der Waals surface area contributed by atoms with E-state index >= 15 is 0 Å². The lowest BCUT2D eigenvalue weighted by molar-refractivity contribution is 0.420.